The zero-order valence-corrected chi connectivity index (χ0v) is 22.1. The number of alkyl halides is 3. The molecule has 2 bridgehead atoms. The van der Waals surface area contributed by atoms with E-state index in [1.807, 2.05) is 17.0 Å². The molecule has 1 aromatic heterocycles. The number of fused-ring (bicyclic) bond motifs is 3. The van der Waals surface area contributed by atoms with Crippen molar-refractivity contribution in [2.45, 2.75) is 76.9 Å². The summed E-state index contributed by atoms with van der Waals surface area (Å²) < 4.78 is 45.4. The molecule has 1 aromatic carbocycles. The lowest BCUT2D eigenvalue weighted by atomic mass is 9.79. The minimum Gasteiger partial charge on any atom is -0.374 e. The van der Waals surface area contributed by atoms with Crippen LogP contribution in [0.15, 0.2) is 30.3 Å². The van der Waals surface area contributed by atoms with E-state index in [1.54, 1.807) is 0 Å². The number of amides is 2. The summed E-state index contributed by atoms with van der Waals surface area (Å²) in [5, 5.41) is 2.82. The molecular formula is C29H33F3N4O3. The van der Waals surface area contributed by atoms with Crippen LogP contribution in [0.4, 0.5) is 24.5 Å². The van der Waals surface area contributed by atoms with Crippen molar-refractivity contribution in [2.24, 2.45) is 11.8 Å². The Bertz CT molecular complexity index is 1290. The minimum atomic E-state index is -4.65. The Morgan fingerprint density at radius 2 is 1.87 bits per heavy atom. The molecule has 3 aliphatic heterocycles. The van der Waals surface area contributed by atoms with Gasteiger partial charge in [0.1, 0.15) is 11.4 Å². The molecule has 4 aliphatic rings. The molecule has 6 rings (SSSR count). The molecule has 0 spiro atoms. The Balaban J connectivity index is 1.29. The number of hydrogen-bond donors (Lipinski definition) is 1. The first-order valence-corrected chi connectivity index (χ1v) is 13.8. The van der Waals surface area contributed by atoms with E-state index in [9.17, 15) is 22.8 Å². The third-order valence-electron chi connectivity index (χ3n) is 8.91. The minimum absolute atomic E-state index is 0.0114. The number of ether oxygens (including phenoxy) is 1. The fourth-order valence-electron chi connectivity index (χ4n) is 6.69. The highest BCUT2D eigenvalue weighted by Crippen LogP contribution is 2.42. The van der Waals surface area contributed by atoms with Gasteiger partial charge in [-0.2, -0.15) is 13.2 Å². The summed E-state index contributed by atoms with van der Waals surface area (Å²) in [6, 6.07) is 7.26. The lowest BCUT2D eigenvalue weighted by Crippen LogP contribution is -2.39. The second kappa shape index (κ2) is 9.80. The van der Waals surface area contributed by atoms with Crippen LogP contribution in [0.2, 0.25) is 0 Å². The van der Waals surface area contributed by atoms with Gasteiger partial charge in [0.2, 0.25) is 0 Å². The van der Waals surface area contributed by atoms with Gasteiger partial charge in [-0.15, -0.1) is 0 Å². The van der Waals surface area contributed by atoms with Crippen molar-refractivity contribution < 1.29 is 27.5 Å². The topological polar surface area (TPSA) is 74.8 Å². The van der Waals surface area contributed by atoms with Gasteiger partial charge in [0.25, 0.3) is 11.8 Å². The fourth-order valence-corrected chi connectivity index (χ4v) is 6.69. The van der Waals surface area contributed by atoms with Crippen LogP contribution in [-0.4, -0.2) is 53.0 Å². The van der Waals surface area contributed by atoms with Crippen LogP contribution in [0.25, 0.3) is 0 Å². The van der Waals surface area contributed by atoms with Gasteiger partial charge in [-0.3, -0.25) is 9.59 Å². The molecule has 2 amide bonds. The highest BCUT2D eigenvalue weighted by Gasteiger charge is 2.42. The van der Waals surface area contributed by atoms with E-state index in [0.29, 0.717) is 48.5 Å². The summed E-state index contributed by atoms with van der Waals surface area (Å²) in [6.45, 7) is 6.16. The Labute approximate surface area is 225 Å². The predicted molar refractivity (Wildman–Crippen MR) is 140 cm³/mol. The number of aromatic nitrogens is 1. The zero-order valence-electron chi connectivity index (χ0n) is 22.1. The van der Waals surface area contributed by atoms with E-state index in [-0.39, 0.29) is 29.8 Å². The second-order valence-electron chi connectivity index (χ2n) is 11.6. The standard InChI is InChI=1S/C29H33F3N4O3/c1-16(2)17-6-8-19(9-7-17)36-13-18-10-24(34-27(37)23-4-3-5-26(33-23)29(30,31)32)25(12-22(18)28(36)38)35-14-21-11-20(35)15-39-21/h3-5,10,12,16-17,19-21H,6-9,11,13-15H2,1-2H3,(H,34,37)/t17?,19?,20-,21-/m1/s1. The maximum Gasteiger partial charge on any atom is 0.433 e. The summed E-state index contributed by atoms with van der Waals surface area (Å²) in [7, 11) is 0. The Kier molecular flexibility index (Phi) is 6.56. The number of pyridine rings is 1. The summed E-state index contributed by atoms with van der Waals surface area (Å²) in [6.07, 6.45) is 0.466. The van der Waals surface area contributed by atoms with Crippen LogP contribution in [0, 0.1) is 11.8 Å². The molecule has 7 nitrogen and oxygen atoms in total. The third kappa shape index (κ3) is 4.88. The van der Waals surface area contributed by atoms with Crippen LogP contribution < -0.4 is 10.2 Å². The lowest BCUT2D eigenvalue weighted by molar-refractivity contribution is -0.141. The first-order chi connectivity index (χ1) is 18.6. The molecule has 1 N–H and O–H groups in total. The van der Waals surface area contributed by atoms with Crippen LogP contribution in [-0.2, 0) is 17.5 Å². The molecule has 2 atom stereocenters. The number of hydrogen-bond acceptors (Lipinski definition) is 5. The van der Waals surface area contributed by atoms with Gasteiger partial charge in [-0.1, -0.05) is 19.9 Å². The number of anilines is 2. The van der Waals surface area contributed by atoms with Crippen molar-refractivity contribution in [1.29, 1.82) is 0 Å². The molecule has 2 saturated heterocycles. The van der Waals surface area contributed by atoms with E-state index in [1.165, 1.54) is 12.1 Å². The van der Waals surface area contributed by atoms with Crippen molar-refractivity contribution in [3.8, 4) is 0 Å². The fraction of sp³-hybridized carbons (Fsp3) is 0.552. The van der Waals surface area contributed by atoms with Crippen molar-refractivity contribution in [3.63, 3.8) is 0 Å². The molecule has 10 heteroatoms. The maximum atomic E-state index is 13.6. The maximum absolute atomic E-state index is 13.6. The SMILES string of the molecule is CC(C)C1CCC(N2Cc3cc(NC(=O)c4cccc(C(F)(F)F)n4)c(N4C[C@H]5C[C@@H]4CO5)cc3C2=O)CC1. The molecule has 1 aliphatic carbocycles. The molecule has 3 fully saturated rings. The second-order valence-corrected chi connectivity index (χ2v) is 11.6. The number of carbonyl (C=O) groups excluding carboxylic acids is 2. The van der Waals surface area contributed by atoms with Crippen LogP contribution in [0.3, 0.4) is 0 Å². The number of nitrogens with one attached hydrogen (secondary N) is 1. The molecule has 1 saturated carbocycles. The number of halogens is 3. The third-order valence-corrected chi connectivity index (χ3v) is 8.91. The normalized spacial score (nSPS) is 26.5. The van der Waals surface area contributed by atoms with E-state index < -0.39 is 17.8 Å². The zero-order chi connectivity index (χ0) is 27.5. The van der Waals surface area contributed by atoms with Crippen LogP contribution in [0.1, 0.15) is 78.1 Å². The monoisotopic (exact) mass is 542 g/mol. The Morgan fingerprint density at radius 1 is 1.10 bits per heavy atom. The number of morpholine rings is 1. The first kappa shape index (κ1) is 26.1. The van der Waals surface area contributed by atoms with Crippen molar-refractivity contribution in [3.05, 3.63) is 52.8 Å². The van der Waals surface area contributed by atoms with Crippen molar-refractivity contribution in [2.75, 3.05) is 23.4 Å². The lowest BCUT2D eigenvalue weighted by Gasteiger charge is -2.36. The number of benzene rings is 1. The van der Waals surface area contributed by atoms with Crippen LogP contribution >= 0.6 is 0 Å². The van der Waals surface area contributed by atoms with Gasteiger partial charge < -0.3 is 19.9 Å². The van der Waals surface area contributed by atoms with Gasteiger partial charge in [0.15, 0.2) is 0 Å². The predicted octanol–water partition coefficient (Wildman–Crippen LogP) is 5.50. The largest absolute Gasteiger partial charge is 0.433 e. The summed E-state index contributed by atoms with van der Waals surface area (Å²) in [5.41, 5.74) is 1.19. The Hall–Kier alpha value is -3.14. The molecular weight excluding hydrogens is 509 g/mol. The van der Waals surface area contributed by atoms with Gasteiger partial charge in [0.05, 0.1) is 30.1 Å². The molecule has 4 heterocycles. The van der Waals surface area contributed by atoms with Crippen LogP contribution in [0.5, 0.6) is 0 Å². The summed E-state index contributed by atoms with van der Waals surface area (Å²) in [5.74, 6) is 0.609. The van der Waals surface area contributed by atoms with E-state index >= 15 is 0 Å². The summed E-state index contributed by atoms with van der Waals surface area (Å²) >= 11 is 0. The molecule has 39 heavy (non-hydrogen) atoms. The quantitative estimate of drug-likeness (QED) is 0.540. The Morgan fingerprint density at radius 3 is 2.51 bits per heavy atom. The van der Waals surface area contributed by atoms with Gasteiger partial charge in [-0.05, 0) is 73.8 Å². The van der Waals surface area contributed by atoms with Crippen molar-refractivity contribution >= 4 is 23.2 Å². The first-order valence-electron chi connectivity index (χ1n) is 13.8. The van der Waals surface area contributed by atoms with Gasteiger partial charge in [0, 0.05) is 24.7 Å². The number of nitrogens with zero attached hydrogens (tertiary/aromatic N) is 3. The van der Waals surface area contributed by atoms with E-state index in [4.69, 9.17) is 4.74 Å². The smallest absolute Gasteiger partial charge is 0.374 e. The average Bonchev–Trinajstić information content (AvgIpc) is 3.63. The molecule has 208 valence electrons. The van der Waals surface area contributed by atoms with Gasteiger partial charge in [-0.25, -0.2) is 4.98 Å². The number of rotatable bonds is 5. The van der Waals surface area contributed by atoms with E-state index in [0.717, 1.165) is 43.7 Å². The highest BCUT2D eigenvalue weighted by atomic mass is 19.4. The summed E-state index contributed by atoms with van der Waals surface area (Å²) in [4.78, 5) is 34.4. The molecule has 0 radical (unpaired) electrons. The molecule has 2 aromatic rings. The highest BCUT2D eigenvalue weighted by molar-refractivity contribution is 6.07. The average molecular weight is 543 g/mol. The number of carbonyl (C=O) groups is 2. The van der Waals surface area contributed by atoms with Gasteiger partial charge >= 0.3 is 6.18 Å². The van der Waals surface area contributed by atoms with Crippen molar-refractivity contribution in [1.82, 2.24) is 9.88 Å². The van der Waals surface area contributed by atoms with E-state index in [2.05, 4.69) is 29.0 Å². The molecule has 0 unspecified atom stereocenters.